The third-order valence-electron chi connectivity index (χ3n) is 8.24. The fraction of sp³-hybridized carbons (Fsp3) is 0.286. The van der Waals surface area contributed by atoms with Crippen LogP contribution in [0.15, 0.2) is 59.6 Å². The maximum Gasteiger partial charge on any atom is 0.586 e. The Labute approximate surface area is 288 Å². The van der Waals surface area contributed by atoms with Crippen LogP contribution in [-0.4, -0.2) is 53.3 Å². The van der Waals surface area contributed by atoms with Gasteiger partial charge in [-0.2, -0.15) is 0 Å². The molecule has 6 rings (SSSR count). The van der Waals surface area contributed by atoms with Crippen molar-refractivity contribution in [2.45, 2.75) is 50.2 Å². The number of nitrogens with zero attached hydrogens (tertiary/aromatic N) is 2. The molecule has 1 aromatic heterocycles. The van der Waals surface area contributed by atoms with E-state index in [1.165, 1.54) is 45.2 Å². The number of amides is 1. The number of ether oxygens (including phenoxy) is 3. The van der Waals surface area contributed by atoms with Gasteiger partial charge in [0.2, 0.25) is 0 Å². The molecule has 2 aliphatic rings. The number of anilines is 1. The van der Waals surface area contributed by atoms with Crippen LogP contribution in [0.3, 0.4) is 0 Å². The van der Waals surface area contributed by atoms with E-state index in [2.05, 4.69) is 24.8 Å². The molecule has 262 valence electrons. The Bertz CT molecular complexity index is 2040. The summed E-state index contributed by atoms with van der Waals surface area (Å²) in [6.07, 6.45) is -0.597. The lowest BCUT2D eigenvalue weighted by atomic mass is 9.86. The lowest BCUT2D eigenvalue weighted by molar-refractivity contribution is -0.286. The minimum atomic E-state index is -4.04. The molecule has 15 heteroatoms. The molecule has 5 N–H and O–H groups in total. The number of aliphatic hydroxyl groups is 2. The molecule has 4 aromatic rings. The van der Waals surface area contributed by atoms with E-state index >= 15 is 4.39 Å². The molecule has 3 aromatic carbocycles. The molecule has 0 saturated heterocycles. The molecule has 1 saturated carbocycles. The van der Waals surface area contributed by atoms with Crippen LogP contribution in [0.4, 0.5) is 23.2 Å². The summed E-state index contributed by atoms with van der Waals surface area (Å²) in [6.45, 7) is 1.88. The van der Waals surface area contributed by atoms with Gasteiger partial charge in [0.05, 0.1) is 41.7 Å². The van der Waals surface area contributed by atoms with Gasteiger partial charge in [-0.1, -0.05) is 23.7 Å². The van der Waals surface area contributed by atoms with Crippen molar-refractivity contribution >= 4 is 29.4 Å². The van der Waals surface area contributed by atoms with Crippen molar-refractivity contribution in [1.82, 2.24) is 10.3 Å². The highest BCUT2D eigenvalue weighted by molar-refractivity contribution is 6.35. The van der Waals surface area contributed by atoms with Crippen molar-refractivity contribution in [3.8, 4) is 28.5 Å². The number of nitrogen functional groups attached to an aromatic ring is 1. The first kappa shape index (κ1) is 34.9. The lowest BCUT2D eigenvalue weighted by Crippen LogP contribution is -2.43. The van der Waals surface area contributed by atoms with E-state index < -0.39 is 63.8 Å². The molecule has 0 spiro atoms. The Morgan fingerprint density at radius 2 is 1.90 bits per heavy atom. The zero-order chi connectivity index (χ0) is 36.2. The first-order valence-corrected chi connectivity index (χ1v) is 15.7. The maximum absolute atomic E-state index is 16.2. The number of rotatable bonds is 10. The van der Waals surface area contributed by atoms with Gasteiger partial charge < -0.3 is 35.5 Å². The molecule has 0 bridgehead atoms. The smallest absolute Gasteiger partial charge is 0.495 e. The van der Waals surface area contributed by atoms with Gasteiger partial charge in [0.15, 0.2) is 17.3 Å². The van der Waals surface area contributed by atoms with Crippen molar-refractivity contribution in [1.29, 1.82) is 0 Å². The molecule has 1 amide bonds. The predicted molar refractivity (Wildman–Crippen MR) is 176 cm³/mol. The Hall–Kier alpha value is -4.92. The first-order chi connectivity index (χ1) is 23.5. The van der Waals surface area contributed by atoms with Crippen LogP contribution < -0.4 is 25.3 Å². The van der Waals surface area contributed by atoms with Crippen LogP contribution >= 0.6 is 11.6 Å². The number of aliphatic imine (C=N–C) groups is 1. The second-order valence-electron chi connectivity index (χ2n) is 12.4. The normalized spacial score (nSPS) is 16.4. The molecule has 1 fully saturated rings. The van der Waals surface area contributed by atoms with Gasteiger partial charge in [0, 0.05) is 28.5 Å². The highest BCUT2D eigenvalue weighted by Crippen LogP contribution is 2.50. The Morgan fingerprint density at radius 1 is 1.16 bits per heavy atom. The SMILES string of the molecule is COc1cc(C(=O)NC[C@@](O)(c2cccc(F)c2)c2cc(C(C)(C)O)c(F)c(-c3ccc4c(c3Cl)OC(F)(F)O4)n2)cc(C=NC2CC2)c1N. The van der Waals surface area contributed by atoms with Crippen LogP contribution in [0.5, 0.6) is 17.2 Å². The Kier molecular flexibility index (Phi) is 8.91. The number of hydrogen-bond acceptors (Lipinski definition) is 9. The number of hydrogen-bond donors (Lipinski definition) is 4. The van der Waals surface area contributed by atoms with Gasteiger partial charge in [-0.3, -0.25) is 9.79 Å². The van der Waals surface area contributed by atoms with Gasteiger partial charge in [-0.05, 0) is 74.7 Å². The molecule has 1 atom stereocenters. The number of nitrogens with two attached hydrogens (primary N) is 1. The van der Waals surface area contributed by atoms with E-state index in [1.807, 2.05) is 0 Å². The number of alkyl halides is 2. The summed E-state index contributed by atoms with van der Waals surface area (Å²) in [5.41, 5.74) is 1.02. The monoisotopic (exact) mass is 714 g/mol. The van der Waals surface area contributed by atoms with Crippen LogP contribution in [0, 0.1) is 11.6 Å². The van der Waals surface area contributed by atoms with Crippen molar-refractivity contribution < 1.29 is 46.8 Å². The number of carbonyl (C=O) groups is 1. The van der Waals surface area contributed by atoms with Crippen molar-refractivity contribution in [2.24, 2.45) is 4.99 Å². The van der Waals surface area contributed by atoms with Gasteiger partial charge in [0.25, 0.3) is 5.91 Å². The van der Waals surface area contributed by atoms with E-state index in [4.69, 9.17) is 22.1 Å². The van der Waals surface area contributed by atoms with Crippen molar-refractivity contribution in [2.75, 3.05) is 19.4 Å². The van der Waals surface area contributed by atoms with Gasteiger partial charge >= 0.3 is 6.29 Å². The molecule has 1 aliphatic heterocycles. The predicted octanol–water partition coefficient (Wildman–Crippen LogP) is 6.07. The average molecular weight is 715 g/mol. The number of carbonyl (C=O) groups excluding carboxylic acids is 1. The summed E-state index contributed by atoms with van der Waals surface area (Å²) in [5, 5.41) is 25.5. The molecular weight excluding hydrogens is 684 g/mol. The number of aromatic nitrogens is 1. The van der Waals surface area contributed by atoms with Gasteiger partial charge in [-0.25, -0.2) is 13.8 Å². The second-order valence-corrected chi connectivity index (χ2v) is 12.8. The molecular formula is C35H31ClF4N4O6. The fourth-order valence-corrected chi connectivity index (χ4v) is 5.67. The second kappa shape index (κ2) is 12.8. The van der Waals surface area contributed by atoms with E-state index in [1.54, 1.807) is 6.21 Å². The number of nitrogens with one attached hydrogen (secondary N) is 1. The van der Waals surface area contributed by atoms with Crippen LogP contribution in [0.2, 0.25) is 5.02 Å². The zero-order valence-corrected chi connectivity index (χ0v) is 27.6. The summed E-state index contributed by atoms with van der Waals surface area (Å²) in [5.74, 6) is -3.35. The summed E-state index contributed by atoms with van der Waals surface area (Å²) < 4.78 is 72.9. The summed E-state index contributed by atoms with van der Waals surface area (Å²) in [6, 6.07) is 11.1. The number of pyridine rings is 1. The van der Waals surface area contributed by atoms with Gasteiger partial charge in [0.1, 0.15) is 22.9 Å². The molecule has 0 radical (unpaired) electrons. The number of benzene rings is 3. The van der Waals surface area contributed by atoms with Crippen LogP contribution in [-0.2, 0) is 11.2 Å². The average Bonchev–Trinajstić information content (AvgIpc) is 3.83. The Morgan fingerprint density at radius 3 is 2.56 bits per heavy atom. The summed E-state index contributed by atoms with van der Waals surface area (Å²) in [4.78, 5) is 22.4. The minimum Gasteiger partial charge on any atom is -0.495 e. The molecule has 2 heterocycles. The largest absolute Gasteiger partial charge is 0.586 e. The van der Waals surface area contributed by atoms with Crippen molar-refractivity contribution in [3.05, 3.63) is 99.2 Å². The summed E-state index contributed by atoms with van der Waals surface area (Å²) >= 11 is 6.42. The molecule has 50 heavy (non-hydrogen) atoms. The van der Waals surface area contributed by atoms with Crippen LogP contribution in [0.25, 0.3) is 11.3 Å². The summed E-state index contributed by atoms with van der Waals surface area (Å²) in [7, 11) is 1.38. The fourth-order valence-electron chi connectivity index (χ4n) is 5.39. The molecule has 10 nitrogen and oxygen atoms in total. The lowest BCUT2D eigenvalue weighted by Gasteiger charge is -2.31. The van der Waals surface area contributed by atoms with Gasteiger partial charge in [-0.15, -0.1) is 8.78 Å². The quantitative estimate of drug-likeness (QED) is 0.0880. The van der Waals surface area contributed by atoms with E-state index in [0.29, 0.717) is 5.56 Å². The topological polar surface area (TPSA) is 149 Å². The zero-order valence-electron chi connectivity index (χ0n) is 26.9. The van der Waals surface area contributed by atoms with Crippen molar-refractivity contribution in [3.63, 3.8) is 0 Å². The standard InChI is InChI=1S/C35H31ClF4N4O6/c1-33(2,46)23-14-26(44-30(28(23)38)22-9-10-24-31(27(22)36)50-35(39,40)49-24)34(47,19-5-4-6-20(37)13-19)16-43-32(45)17-11-18(15-42-21-7-8-21)29(41)25(12-17)48-3/h4-6,9-15,21,46-47H,7-8,16,41H2,1-3H3,(H,43,45)/t34-/m1/s1. The highest BCUT2D eigenvalue weighted by atomic mass is 35.5. The van der Waals surface area contributed by atoms with Crippen LogP contribution in [0.1, 0.15) is 59.4 Å². The maximum atomic E-state index is 16.2. The first-order valence-electron chi connectivity index (χ1n) is 15.3. The highest BCUT2D eigenvalue weighted by Gasteiger charge is 2.45. The number of fused-ring (bicyclic) bond motifs is 1. The van der Waals surface area contributed by atoms with E-state index in [9.17, 15) is 28.2 Å². The minimum absolute atomic E-state index is 0.0868. The van der Waals surface area contributed by atoms with E-state index in [-0.39, 0.29) is 45.4 Å². The molecule has 1 aliphatic carbocycles. The molecule has 0 unspecified atom stereocenters. The third kappa shape index (κ3) is 6.78. The third-order valence-corrected chi connectivity index (χ3v) is 8.62. The van der Waals surface area contributed by atoms with E-state index in [0.717, 1.165) is 43.2 Å². The number of methoxy groups -OCH3 is 1. The Balaban J connectivity index is 1.46. The number of halogens is 5.